The third-order valence-electron chi connectivity index (χ3n) is 6.07. The van der Waals surface area contributed by atoms with E-state index in [1.807, 2.05) is 48.5 Å². The number of hydrogen-bond donors (Lipinski definition) is 4. The van der Waals surface area contributed by atoms with Crippen LogP contribution < -0.4 is 5.32 Å². The number of nitrogens with one attached hydrogen (secondary N) is 1. The van der Waals surface area contributed by atoms with E-state index in [9.17, 15) is 29.7 Å². The van der Waals surface area contributed by atoms with Crippen LogP contribution in [-0.4, -0.2) is 77.6 Å². The molecule has 2 aromatic rings. The number of carbonyl (C=O) groups is 3. The molecule has 3 rings (SSSR count). The molecule has 9 nitrogen and oxygen atoms in total. The number of carboxylic acids is 1. The van der Waals surface area contributed by atoms with Crippen LogP contribution in [0.25, 0.3) is 11.1 Å². The largest absolute Gasteiger partial charge is 0.481 e. The van der Waals surface area contributed by atoms with Gasteiger partial charge in [0.05, 0.1) is 19.6 Å². The minimum Gasteiger partial charge on any atom is -0.481 e. The van der Waals surface area contributed by atoms with Crippen molar-refractivity contribution in [1.29, 1.82) is 0 Å². The molecule has 4 N–H and O–H groups in total. The van der Waals surface area contributed by atoms with E-state index in [1.54, 1.807) is 6.92 Å². The number of likely N-dealkylation sites (N-methyl/N-ethyl adjacent to an activating group) is 1. The number of benzene rings is 2. The predicted octanol–water partition coefficient (Wildman–Crippen LogP) is 1.82. The number of aliphatic carboxylic acids is 1. The van der Waals surface area contributed by atoms with Gasteiger partial charge in [0.1, 0.15) is 12.6 Å². The van der Waals surface area contributed by atoms with Gasteiger partial charge >= 0.3 is 12.1 Å². The molecule has 9 heteroatoms. The number of carboxylic acid groups (broad SMARTS) is 1. The van der Waals surface area contributed by atoms with Gasteiger partial charge in [-0.3, -0.25) is 9.59 Å². The number of carbonyl (C=O) groups excluding carboxylic acids is 2. The molecular weight excluding hydrogens is 440 g/mol. The number of aliphatic hydroxyl groups excluding tert-OH is 2. The summed E-state index contributed by atoms with van der Waals surface area (Å²) in [5, 5.41) is 30.5. The minimum absolute atomic E-state index is 0.0246. The lowest BCUT2D eigenvalue weighted by Crippen LogP contribution is -2.51. The van der Waals surface area contributed by atoms with Crippen molar-refractivity contribution < 1.29 is 34.4 Å². The second-order valence-electron chi connectivity index (χ2n) is 8.94. The first kappa shape index (κ1) is 25.2. The molecule has 0 aliphatic heterocycles. The van der Waals surface area contributed by atoms with E-state index in [2.05, 4.69) is 5.32 Å². The average molecular weight is 471 g/mol. The summed E-state index contributed by atoms with van der Waals surface area (Å²) < 4.78 is 5.43. The number of alkyl carbamates (subject to hydrolysis) is 1. The van der Waals surface area contributed by atoms with E-state index in [0.29, 0.717) is 0 Å². The number of fused-ring (bicyclic) bond motifs is 3. The Bertz CT molecular complexity index is 1010. The quantitative estimate of drug-likeness (QED) is 0.416. The van der Waals surface area contributed by atoms with Gasteiger partial charge < -0.3 is 30.3 Å². The standard InChI is InChI=1S/C25H30N2O7/c1-25(14-28,15-29)13-27(2)23(32)21(11-22(30)31)26-24(33)34-12-20-18-9-5-3-7-16(18)17-8-4-6-10-19(17)20/h3-10,20-21,28-29H,11-15H2,1-2H3,(H,26,33)(H,30,31). The van der Waals surface area contributed by atoms with Crippen LogP contribution in [0.15, 0.2) is 48.5 Å². The van der Waals surface area contributed by atoms with Crippen molar-refractivity contribution in [2.24, 2.45) is 5.41 Å². The summed E-state index contributed by atoms with van der Waals surface area (Å²) >= 11 is 0. The fraction of sp³-hybridized carbons (Fsp3) is 0.400. The smallest absolute Gasteiger partial charge is 0.407 e. The Balaban J connectivity index is 1.68. The maximum Gasteiger partial charge on any atom is 0.407 e. The molecule has 0 spiro atoms. The van der Waals surface area contributed by atoms with Crippen molar-refractivity contribution in [2.75, 3.05) is 33.4 Å². The SMILES string of the molecule is CN(CC(C)(CO)CO)C(=O)C(CC(=O)O)NC(=O)OCC1c2ccccc2-c2ccccc21. The fourth-order valence-electron chi connectivity index (χ4n) is 4.22. The van der Waals surface area contributed by atoms with Crippen LogP contribution in [0, 0.1) is 5.41 Å². The lowest BCUT2D eigenvalue weighted by Gasteiger charge is -2.32. The number of rotatable bonds is 10. The van der Waals surface area contributed by atoms with Gasteiger partial charge in [0.25, 0.3) is 0 Å². The molecule has 1 atom stereocenters. The Labute approximate surface area is 198 Å². The second-order valence-corrected chi connectivity index (χ2v) is 8.94. The third-order valence-corrected chi connectivity index (χ3v) is 6.07. The number of aliphatic hydroxyl groups is 2. The van der Waals surface area contributed by atoms with E-state index in [4.69, 9.17) is 4.74 Å². The summed E-state index contributed by atoms with van der Waals surface area (Å²) in [5.74, 6) is -2.11. The first-order chi connectivity index (χ1) is 16.2. The van der Waals surface area contributed by atoms with Gasteiger partial charge in [-0.05, 0) is 22.3 Å². The summed E-state index contributed by atoms with van der Waals surface area (Å²) in [6.07, 6.45) is -1.54. The van der Waals surface area contributed by atoms with E-state index < -0.39 is 35.8 Å². The van der Waals surface area contributed by atoms with Gasteiger partial charge in [0, 0.05) is 24.9 Å². The number of amides is 2. The average Bonchev–Trinajstić information content (AvgIpc) is 3.15. The highest BCUT2D eigenvalue weighted by atomic mass is 16.5. The Morgan fingerprint density at radius 1 is 1.03 bits per heavy atom. The first-order valence-electron chi connectivity index (χ1n) is 11.0. The van der Waals surface area contributed by atoms with Crippen molar-refractivity contribution in [3.05, 3.63) is 59.7 Å². The zero-order valence-electron chi connectivity index (χ0n) is 19.2. The van der Waals surface area contributed by atoms with Crippen LogP contribution in [0.1, 0.15) is 30.4 Å². The first-order valence-corrected chi connectivity index (χ1v) is 11.0. The fourth-order valence-corrected chi connectivity index (χ4v) is 4.22. The molecule has 1 aliphatic rings. The maximum atomic E-state index is 12.8. The molecule has 0 fully saturated rings. The molecule has 34 heavy (non-hydrogen) atoms. The lowest BCUT2D eigenvalue weighted by atomic mass is 9.92. The van der Waals surface area contributed by atoms with Gasteiger partial charge in [-0.1, -0.05) is 55.5 Å². The summed E-state index contributed by atoms with van der Waals surface area (Å²) in [7, 11) is 1.42. The van der Waals surface area contributed by atoms with Gasteiger partial charge in [0.15, 0.2) is 0 Å². The van der Waals surface area contributed by atoms with Crippen LogP contribution in [0.5, 0.6) is 0 Å². The molecule has 1 unspecified atom stereocenters. The predicted molar refractivity (Wildman–Crippen MR) is 124 cm³/mol. The molecule has 0 radical (unpaired) electrons. The Morgan fingerprint density at radius 2 is 1.56 bits per heavy atom. The van der Waals surface area contributed by atoms with Gasteiger partial charge in [-0.15, -0.1) is 0 Å². The number of hydrogen-bond acceptors (Lipinski definition) is 6. The second kappa shape index (κ2) is 10.7. The minimum atomic E-state index is -1.36. The Kier molecular flexibility index (Phi) is 7.90. The van der Waals surface area contributed by atoms with Crippen LogP contribution in [-0.2, 0) is 14.3 Å². The summed E-state index contributed by atoms with van der Waals surface area (Å²) in [5.41, 5.74) is 3.23. The summed E-state index contributed by atoms with van der Waals surface area (Å²) in [6.45, 7) is 0.842. The normalized spacial score (nSPS) is 13.5. The van der Waals surface area contributed by atoms with Crippen LogP contribution in [0.4, 0.5) is 4.79 Å². The summed E-state index contributed by atoms with van der Waals surface area (Å²) in [6, 6.07) is 14.4. The van der Waals surface area contributed by atoms with Crippen LogP contribution >= 0.6 is 0 Å². The van der Waals surface area contributed by atoms with E-state index in [-0.39, 0.29) is 32.3 Å². The highest BCUT2D eigenvalue weighted by Crippen LogP contribution is 2.44. The molecule has 2 aromatic carbocycles. The van der Waals surface area contributed by atoms with E-state index in [1.165, 1.54) is 11.9 Å². The van der Waals surface area contributed by atoms with Gasteiger partial charge in [-0.25, -0.2) is 4.79 Å². The van der Waals surface area contributed by atoms with E-state index >= 15 is 0 Å². The topological polar surface area (TPSA) is 136 Å². The third kappa shape index (κ3) is 5.55. The highest BCUT2D eigenvalue weighted by molar-refractivity contribution is 5.89. The molecule has 182 valence electrons. The maximum absolute atomic E-state index is 12.8. The Morgan fingerprint density at radius 3 is 2.06 bits per heavy atom. The zero-order chi connectivity index (χ0) is 24.9. The monoisotopic (exact) mass is 470 g/mol. The lowest BCUT2D eigenvalue weighted by molar-refractivity contribution is -0.142. The molecule has 0 heterocycles. The summed E-state index contributed by atoms with van der Waals surface area (Å²) in [4.78, 5) is 37.9. The molecule has 1 aliphatic carbocycles. The van der Waals surface area contributed by atoms with Crippen molar-refractivity contribution in [3.8, 4) is 11.1 Å². The molecule has 0 aromatic heterocycles. The van der Waals surface area contributed by atoms with Gasteiger partial charge in [-0.2, -0.15) is 0 Å². The van der Waals surface area contributed by atoms with Crippen molar-refractivity contribution in [2.45, 2.75) is 25.3 Å². The molecular formula is C25H30N2O7. The van der Waals surface area contributed by atoms with Crippen LogP contribution in [0.3, 0.4) is 0 Å². The van der Waals surface area contributed by atoms with Gasteiger partial charge in [0.2, 0.25) is 5.91 Å². The number of ether oxygens (including phenoxy) is 1. The Hall–Kier alpha value is -3.43. The number of nitrogens with zero attached hydrogens (tertiary/aromatic N) is 1. The van der Waals surface area contributed by atoms with Crippen molar-refractivity contribution >= 4 is 18.0 Å². The molecule has 0 saturated carbocycles. The highest BCUT2D eigenvalue weighted by Gasteiger charge is 2.33. The van der Waals surface area contributed by atoms with E-state index in [0.717, 1.165) is 22.3 Å². The van der Waals surface area contributed by atoms with Crippen molar-refractivity contribution in [1.82, 2.24) is 10.2 Å². The zero-order valence-corrected chi connectivity index (χ0v) is 19.2. The van der Waals surface area contributed by atoms with Crippen LogP contribution in [0.2, 0.25) is 0 Å². The molecule has 0 bridgehead atoms. The molecule has 2 amide bonds. The molecule has 0 saturated heterocycles. The van der Waals surface area contributed by atoms with Crippen molar-refractivity contribution in [3.63, 3.8) is 0 Å².